The van der Waals surface area contributed by atoms with Gasteiger partial charge in [-0.25, -0.2) is 0 Å². The van der Waals surface area contributed by atoms with E-state index in [0.717, 1.165) is 11.1 Å². The highest BCUT2D eigenvalue weighted by atomic mass is 35.5. The van der Waals surface area contributed by atoms with E-state index in [2.05, 4.69) is 8.80 Å². The molecule has 29 heavy (non-hydrogen) atoms. The Balaban J connectivity index is 1.90. The number of benzene rings is 2. The Hall–Kier alpha value is -2.55. The molecular formula is C20H17ClN2O4S2. The average molecular weight is 449 g/mol. The number of aryl methyl sites for hydroxylation is 2. The van der Waals surface area contributed by atoms with Crippen molar-refractivity contribution in [3.63, 3.8) is 0 Å². The van der Waals surface area contributed by atoms with Gasteiger partial charge in [0.1, 0.15) is 0 Å². The number of halogens is 1. The molecule has 0 aliphatic heterocycles. The van der Waals surface area contributed by atoms with E-state index in [9.17, 15) is 16.8 Å². The SMILES string of the molecule is Cc1ccc(S(=O)(=O)N=C2C=CC(=NS(=O)(=O)c3ccc(C)cc3)C(Cl)=C2)cc1. The third-order valence-corrected chi connectivity index (χ3v) is 6.94. The van der Waals surface area contributed by atoms with Gasteiger partial charge in [0.05, 0.1) is 26.2 Å². The Bertz CT molecular complexity index is 1270. The fourth-order valence-corrected chi connectivity index (χ4v) is 4.67. The standard InChI is InChI=1S/C20H17ClN2O4S2/c1-14-3-8-17(9-4-14)28(24,25)22-16-7-12-20(19(21)13-16)23-29(26,27)18-10-5-15(2)6-11-18/h3-13H,1-2H3. The normalized spacial score (nSPS) is 17.6. The van der Waals surface area contributed by atoms with E-state index in [1.165, 1.54) is 42.5 Å². The number of sulfonamides is 2. The Kier molecular flexibility index (Phi) is 5.88. The van der Waals surface area contributed by atoms with Gasteiger partial charge in [-0.2, -0.15) is 25.6 Å². The van der Waals surface area contributed by atoms with E-state index in [1.807, 2.05) is 13.8 Å². The van der Waals surface area contributed by atoms with Crippen LogP contribution in [0.2, 0.25) is 0 Å². The Labute approximate surface area is 175 Å². The zero-order chi connectivity index (χ0) is 21.2. The molecule has 0 heterocycles. The van der Waals surface area contributed by atoms with Gasteiger partial charge in [-0.05, 0) is 56.3 Å². The van der Waals surface area contributed by atoms with Gasteiger partial charge in [0, 0.05) is 0 Å². The molecule has 9 heteroatoms. The van der Waals surface area contributed by atoms with Crippen molar-refractivity contribution in [1.29, 1.82) is 0 Å². The molecule has 0 aromatic heterocycles. The highest BCUT2D eigenvalue weighted by molar-refractivity contribution is 7.90. The van der Waals surface area contributed by atoms with E-state index >= 15 is 0 Å². The van der Waals surface area contributed by atoms with Crippen LogP contribution < -0.4 is 0 Å². The van der Waals surface area contributed by atoms with Crippen LogP contribution in [0.4, 0.5) is 0 Å². The highest BCUT2D eigenvalue weighted by Gasteiger charge is 2.18. The molecular weight excluding hydrogens is 432 g/mol. The first kappa shape index (κ1) is 21.2. The highest BCUT2D eigenvalue weighted by Crippen LogP contribution is 2.20. The molecule has 0 unspecified atom stereocenters. The summed E-state index contributed by atoms with van der Waals surface area (Å²) in [6.07, 6.45) is 3.93. The van der Waals surface area contributed by atoms with Crippen LogP contribution in [0.5, 0.6) is 0 Å². The first-order valence-electron chi connectivity index (χ1n) is 8.46. The summed E-state index contributed by atoms with van der Waals surface area (Å²) >= 11 is 6.13. The van der Waals surface area contributed by atoms with Gasteiger partial charge in [-0.3, -0.25) is 0 Å². The van der Waals surface area contributed by atoms with Gasteiger partial charge in [0.15, 0.2) is 0 Å². The van der Waals surface area contributed by atoms with Crippen LogP contribution in [0.25, 0.3) is 0 Å². The topological polar surface area (TPSA) is 93.0 Å². The molecule has 3 rings (SSSR count). The van der Waals surface area contributed by atoms with Crippen molar-refractivity contribution in [2.75, 3.05) is 0 Å². The summed E-state index contributed by atoms with van der Waals surface area (Å²) in [5.41, 5.74) is 1.91. The minimum Gasteiger partial charge on any atom is -0.199 e. The molecule has 2 aromatic carbocycles. The molecule has 0 saturated heterocycles. The summed E-state index contributed by atoms with van der Waals surface area (Å²) in [5.74, 6) is 0. The molecule has 0 bridgehead atoms. The molecule has 2 aromatic rings. The maximum absolute atomic E-state index is 12.4. The predicted molar refractivity (Wildman–Crippen MR) is 115 cm³/mol. The fraction of sp³-hybridized carbons (Fsp3) is 0.100. The molecule has 6 nitrogen and oxygen atoms in total. The lowest BCUT2D eigenvalue weighted by molar-refractivity contribution is 0.596. The summed E-state index contributed by atoms with van der Waals surface area (Å²) in [5, 5.41) is -0.0268. The van der Waals surface area contributed by atoms with Crippen molar-refractivity contribution in [2.24, 2.45) is 8.80 Å². The number of hydrogen-bond acceptors (Lipinski definition) is 4. The number of allylic oxidation sites excluding steroid dienone is 4. The Morgan fingerprint density at radius 2 is 1.14 bits per heavy atom. The second kappa shape index (κ2) is 8.06. The summed E-state index contributed by atoms with van der Waals surface area (Å²) in [6, 6.07) is 12.5. The van der Waals surface area contributed by atoms with E-state index < -0.39 is 20.0 Å². The van der Waals surface area contributed by atoms with Crippen molar-refractivity contribution in [2.45, 2.75) is 23.6 Å². The van der Waals surface area contributed by atoms with Gasteiger partial charge in [0.2, 0.25) is 0 Å². The quantitative estimate of drug-likeness (QED) is 0.661. The molecule has 150 valence electrons. The van der Waals surface area contributed by atoms with E-state index in [4.69, 9.17) is 11.6 Å². The molecule has 0 N–H and O–H groups in total. The van der Waals surface area contributed by atoms with Crippen LogP contribution in [-0.4, -0.2) is 28.3 Å². The number of nitrogens with zero attached hydrogens (tertiary/aromatic N) is 2. The zero-order valence-electron chi connectivity index (χ0n) is 15.6. The van der Waals surface area contributed by atoms with E-state index in [0.29, 0.717) is 0 Å². The van der Waals surface area contributed by atoms with Crippen LogP contribution in [0.3, 0.4) is 0 Å². The van der Waals surface area contributed by atoms with Gasteiger partial charge in [-0.1, -0.05) is 47.0 Å². The number of hydrogen-bond donors (Lipinski definition) is 0. The summed E-state index contributed by atoms with van der Waals surface area (Å²) < 4.78 is 57.2. The van der Waals surface area contributed by atoms with E-state index in [1.54, 1.807) is 24.3 Å². The molecule has 0 radical (unpaired) electrons. The number of rotatable bonds is 4. The lowest BCUT2D eigenvalue weighted by Crippen LogP contribution is -2.10. The van der Waals surface area contributed by atoms with E-state index in [-0.39, 0.29) is 26.2 Å². The average Bonchev–Trinajstić information content (AvgIpc) is 2.64. The molecule has 1 aliphatic carbocycles. The largest absolute Gasteiger partial charge is 0.282 e. The lowest BCUT2D eigenvalue weighted by atomic mass is 10.1. The maximum Gasteiger partial charge on any atom is 0.282 e. The van der Waals surface area contributed by atoms with Crippen molar-refractivity contribution in [1.82, 2.24) is 0 Å². The van der Waals surface area contributed by atoms with Gasteiger partial charge < -0.3 is 0 Å². The summed E-state index contributed by atoms with van der Waals surface area (Å²) in [4.78, 5) is 0.0878. The monoisotopic (exact) mass is 448 g/mol. The molecule has 0 atom stereocenters. The molecule has 0 spiro atoms. The van der Waals surface area contributed by atoms with Crippen LogP contribution >= 0.6 is 11.6 Å². The minimum atomic E-state index is -3.96. The predicted octanol–water partition coefficient (Wildman–Crippen LogP) is 3.96. The molecule has 0 amide bonds. The third-order valence-electron chi connectivity index (χ3n) is 4.01. The first-order valence-corrected chi connectivity index (χ1v) is 11.7. The Morgan fingerprint density at radius 1 is 0.690 bits per heavy atom. The van der Waals surface area contributed by atoms with Gasteiger partial charge in [0.25, 0.3) is 20.0 Å². The third kappa shape index (κ3) is 5.09. The second-order valence-corrected chi connectivity index (χ2v) is 10.0. The molecule has 1 aliphatic rings. The van der Waals surface area contributed by atoms with Crippen molar-refractivity contribution >= 4 is 43.1 Å². The van der Waals surface area contributed by atoms with Gasteiger partial charge in [-0.15, -0.1) is 0 Å². The minimum absolute atomic E-state index is 0.000995. The van der Waals surface area contributed by atoms with Crippen LogP contribution in [0.1, 0.15) is 11.1 Å². The second-order valence-electron chi connectivity index (χ2n) is 6.39. The summed E-state index contributed by atoms with van der Waals surface area (Å²) in [7, 11) is -7.88. The molecule has 0 saturated carbocycles. The maximum atomic E-state index is 12.4. The summed E-state index contributed by atoms with van der Waals surface area (Å²) in [6.45, 7) is 3.69. The fourth-order valence-electron chi connectivity index (χ4n) is 2.42. The van der Waals surface area contributed by atoms with Crippen molar-refractivity contribution in [3.8, 4) is 0 Å². The van der Waals surface area contributed by atoms with Crippen LogP contribution in [0, 0.1) is 13.8 Å². The van der Waals surface area contributed by atoms with Gasteiger partial charge >= 0.3 is 0 Å². The molecule has 0 fully saturated rings. The Morgan fingerprint density at radius 3 is 1.59 bits per heavy atom. The smallest absolute Gasteiger partial charge is 0.199 e. The van der Waals surface area contributed by atoms with Crippen LogP contribution in [0.15, 0.2) is 90.4 Å². The van der Waals surface area contributed by atoms with Crippen molar-refractivity contribution in [3.05, 3.63) is 82.9 Å². The first-order chi connectivity index (χ1) is 13.6. The van der Waals surface area contributed by atoms with Crippen LogP contribution in [-0.2, 0) is 20.0 Å². The van der Waals surface area contributed by atoms with Crippen molar-refractivity contribution < 1.29 is 16.8 Å². The lowest BCUT2D eigenvalue weighted by Gasteiger charge is -2.08. The zero-order valence-corrected chi connectivity index (χ0v) is 18.0.